The van der Waals surface area contributed by atoms with E-state index in [-0.39, 0.29) is 0 Å². The zero-order valence-corrected chi connectivity index (χ0v) is 34.6. The molecule has 0 fully saturated rings. The molecule has 1 atom stereocenters. The van der Waals surface area contributed by atoms with E-state index in [0.717, 1.165) is 0 Å². The molecule has 0 radical (unpaired) electrons. The van der Waals surface area contributed by atoms with E-state index in [1.165, 1.54) is 264 Å². The zero-order valence-electron chi connectivity index (χ0n) is 34.6. The Morgan fingerprint density at radius 1 is 0.265 bits per heavy atom. The van der Waals surface area contributed by atoms with E-state index < -0.39 is 0 Å². The fourth-order valence-corrected chi connectivity index (χ4v) is 8.13. The summed E-state index contributed by atoms with van der Waals surface area (Å²) in [5.41, 5.74) is 0. The second-order valence-corrected chi connectivity index (χ2v) is 16.4. The quantitative estimate of drug-likeness (QED) is 0.0591. The van der Waals surface area contributed by atoms with Gasteiger partial charge in [-0.1, -0.05) is 245 Å². The molecular formula is C47H94N2. The molecular weight excluding hydrogens is 593 g/mol. The maximum atomic E-state index is 2.73. The van der Waals surface area contributed by atoms with Crippen LogP contribution in [-0.2, 0) is 0 Å². The Morgan fingerprint density at radius 2 is 0.469 bits per heavy atom. The van der Waals surface area contributed by atoms with Crippen LogP contribution in [0.2, 0.25) is 0 Å². The Kier molecular flexibility index (Phi) is 36.5. The normalized spacial score (nSPS) is 14.6. The highest BCUT2D eigenvalue weighted by Crippen LogP contribution is 2.24. The molecule has 292 valence electrons. The third-order valence-electron chi connectivity index (χ3n) is 11.6. The first-order valence-corrected chi connectivity index (χ1v) is 23.5. The highest BCUT2D eigenvalue weighted by atomic mass is 15.4. The maximum absolute atomic E-state index is 2.73. The van der Waals surface area contributed by atoms with E-state index in [1.54, 1.807) is 0 Å². The summed E-state index contributed by atoms with van der Waals surface area (Å²) in [7, 11) is 0. The summed E-state index contributed by atoms with van der Waals surface area (Å²) in [6.45, 7) is 9.49. The summed E-state index contributed by atoms with van der Waals surface area (Å²) < 4.78 is 0. The van der Waals surface area contributed by atoms with Crippen LogP contribution in [0.4, 0.5) is 0 Å². The van der Waals surface area contributed by atoms with Crippen LogP contribution in [0.1, 0.15) is 271 Å². The second kappa shape index (κ2) is 38.6. The predicted octanol–water partition coefficient (Wildman–Crippen LogP) is 16.7. The van der Waals surface area contributed by atoms with Crippen molar-refractivity contribution in [3.63, 3.8) is 0 Å². The highest BCUT2D eigenvalue weighted by molar-refractivity contribution is 4.97. The standard InChI is InChI=1S/C47H94N2/c1-4-7-10-13-16-19-21-23-24-25-27-29-32-35-38-41-44-49-46-45-48(43-40-37-34-31-18-15-12-9-6-3)47(49)42-39-36-33-30-28-26-22-20-17-14-11-8-5-2/h45-47H,4-44H2,1-3H3. The van der Waals surface area contributed by atoms with Crippen LogP contribution >= 0.6 is 0 Å². The molecule has 1 aliphatic rings. The minimum Gasteiger partial charge on any atom is -0.356 e. The lowest BCUT2D eigenvalue weighted by Gasteiger charge is -2.33. The number of rotatable bonds is 41. The predicted molar refractivity (Wildman–Crippen MR) is 223 cm³/mol. The maximum Gasteiger partial charge on any atom is 0.101 e. The number of hydrogen-bond donors (Lipinski definition) is 0. The van der Waals surface area contributed by atoms with Crippen LogP contribution < -0.4 is 0 Å². The molecule has 0 aromatic heterocycles. The molecule has 1 unspecified atom stereocenters. The molecule has 1 aliphatic heterocycles. The average Bonchev–Trinajstić information content (AvgIpc) is 3.50. The number of unbranched alkanes of at least 4 members (excludes halogenated alkanes) is 35. The molecule has 0 aromatic rings. The van der Waals surface area contributed by atoms with Crippen LogP contribution in [0.15, 0.2) is 12.4 Å². The Hall–Kier alpha value is -0.660. The summed E-state index contributed by atoms with van der Waals surface area (Å²) in [5, 5.41) is 0. The lowest BCUT2D eigenvalue weighted by molar-refractivity contribution is 0.135. The molecule has 1 heterocycles. The topological polar surface area (TPSA) is 6.48 Å². The van der Waals surface area contributed by atoms with E-state index in [9.17, 15) is 0 Å². The molecule has 2 heteroatoms. The largest absolute Gasteiger partial charge is 0.356 e. The summed E-state index contributed by atoms with van der Waals surface area (Å²) in [6.07, 6.45) is 61.9. The number of hydrogen-bond acceptors (Lipinski definition) is 2. The van der Waals surface area contributed by atoms with Gasteiger partial charge in [-0.15, -0.1) is 0 Å². The molecule has 0 N–H and O–H groups in total. The highest BCUT2D eigenvalue weighted by Gasteiger charge is 2.24. The molecule has 0 saturated carbocycles. The second-order valence-electron chi connectivity index (χ2n) is 16.4. The summed E-state index contributed by atoms with van der Waals surface area (Å²) in [5.74, 6) is 0. The van der Waals surface area contributed by atoms with E-state index in [0.29, 0.717) is 6.17 Å². The van der Waals surface area contributed by atoms with E-state index in [4.69, 9.17) is 0 Å². The van der Waals surface area contributed by atoms with Gasteiger partial charge < -0.3 is 9.80 Å². The van der Waals surface area contributed by atoms with Crippen molar-refractivity contribution in [1.82, 2.24) is 9.80 Å². The Bertz CT molecular complexity index is 644. The summed E-state index contributed by atoms with van der Waals surface area (Å²) in [6, 6.07) is 0. The Balaban J connectivity index is 2.18. The lowest BCUT2D eigenvalue weighted by Crippen LogP contribution is -2.39. The van der Waals surface area contributed by atoms with Crippen LogP contribution in [0, 0.1) is 0 Å². The van der Waals surface area contributed by atoms with Crippen LogP contribution in [0.25, 0.3) is 0 Å². The molecule has 1 rings (SSSR count). The molecule has 49 heavy (non-hydrogen) atoms. The lowest BCUT2D eigenvalue weighted by atomic mass is 10.0. The molecule has 0 saturated heterocycles. The SMILES string of the molecule is CCCCCCCCCCCCCCCCCCN1C=CN(CCCCCCCCCCC)C1CCCCCCCCCCCCCCC. The van der Waals surface area contributed by atoms with E-state index in [1.807, 2.05) is 0 Å². The zero-order chi connectivity index (χ0) is 35.1. The van der Waals surface area contributed by atoms with Gasteiger partial charge in [0, 0.05) is 25.5 Å². The van der Waals surface area contributed by atoms with Crippen molar-refractivity contribution in [2.75, 3.05) is 13.1 Å². The third kappa shape index (κ3) is 30.7. The molecule has 0 spiro atoms. The van der Waals surface area contributed by atoms with Crippen molar-refractivity contribution in [2.24, 2.45) is 0 Å². The van der Waals surface area contributed by atoms with Gasteiger partial charge in [0.1, 0.15) is 6.17 Å². The first-order chi connectivity index (χ1) is 24.3. The van der Waals surface area contributed by atoms with Gasteiger partial charge in [-0.3, -0.25) is 0 Å². The molecule has 2 nitrogen and oxygen atoms in total. The third-order valence-corrected chi connectivity index (χ3v) is 11.6. The van der Waals surface area contributed by atoms with Crippen LogP contribution in [0.5, 0.6) is 0 Å². The van der Waals surface area contributed by atoms with Gasteiger partial charge in [-0.2, -0.15) is 0 Å². The minimum atomic E-state index is 0.637. The summed E-state index contributed by atoms with van der Waals surface area (Å²) in [4.78, 5) is 5.46. The van der Waals surface area contributed by atoms with Crippen LogP contribution in [-0.4, -0.2) is 29.1 Å². The van der Waals surface area contributed by atoms with Gasteiger partial charge in [0.05, 0.1) is 0 Å². The first-order valence-electron chi connectivity index (χ1n) is 23.5. The fourth-order valence-electron chi connectivity index (χ4n) is 8.13. The number of nitrogens with zero attached hydrogens (tertiary/aromatic N) is 2. The van der Waals surface area contributed by atoms with Crippen molar-refractivity contribution < 1.29 is 0 Å². The van der Waals surface area contributed by atoms with E-state index >= 15 is 0 Å². The van der Waals surface area contributed by atoms with Gasteiger partial charge in [0.15, 0.2) is 0 Å². The fraction of sp³-hybridized carbons (Fsp3) is 0.957. The van der Waals surface area contributed by atoms with Crippen molar-refractivity contribution in [3.05, 3.63) is 12.4 Å². The van der Waals surface area contributed by atoms with Gasteiger partial charge in [0.25, 0.3) is 0 Å². The smallest absolute Gasteiger partial charge is 0.101 e. The van der Waals surface area contributed by atoms with Gasteiger partial charge in [-0.05, 0) is 25.7 Å². The van der Waals surface area contributed by atoms with Gasteiger partial charge in [0.2, 0.25) is 0 Å². The molecule has 0 amide bonds. The Labute approximate surface area is 311 Å². The van der Waals surface area contributed by atoms with Gasteiger partial charge in [-0.25, -0.2) is 0 Å². The summed E-state index contributed by atoms with van der Waals surface area (Å²) >= 11 is 0. The van der Waals surface area contributed by atoms with Crippen molar-refractivity contribution in [1.29, 1.82) is 0 Å². The van der Waals surface area contributed by atoms with E-state index in [2.05, 4.69) is 43.0 Å². The minimum absolute atomic E-state index is 0.637. The van der Waals surface area contributed by atoms with Gasteiger partial charge >= 0.3 is 0 Å². The average molecular weight is 687 g/mol. The molecule has 0 bridgehead atoms. The van der Waals surface area contributed by atoms with Crippen molar-refractivity contribution >= 4 is 0 Å². The van der Waals surface area contributed by atoms with Crippen molar-refractivity contribution in [2.45, 2.75) is 277 Å². The molecule has 0 aromatic carbocycles. The Morgan fingerprint density at radius 3 is 0.714 bits per heavy atom. The van der Waals surface area contributed by atoms with Crippen LogP contribution in [0.3, 0.4) is 0 Å². The molecule has 0 aliphatic carbocycles. The monoisotopic (exact) mass is 687 g/mol. The van der Waals surface area contributed by atoms with Crippen molar-refractivity contribution in [3.8, 4) is 0 Å². The first kappa shape index (κ1) is 46.4.